The molecule has 0 unspecified atom stereocenters. The summed E-state index contributed by atoms with van der Waals surface area (Å²) in [5, 5.41) is 0. The van der Waals surface area contributed by atoms with Crippen LogP contribution in [-0.2, 0) is 0 Å². The number of hydrogen-bond donors (Lipinski definition) is 0. The lowest BCUT2D eigenvalue weighted by Gasteiger charge is -2.06. The zero-order valence-corrected chi connectivity index (χ0v) is 11.9. The minimum Gasteiger partial charge on any atom is -0.0658 e. The standard InChI is InChI=1S/C18H22/c1-13-5-9-17(11-13)15(3)7-8-16(4)18-10-6-14(2)12-18/h5-6,9-12H,7-8H2,1-4H3. The maximum Gasteiger partial charge on any atom is -0.0265 e. The molecule has 0 spiro atoms. The highest BCUT2D eigenvalue weighted by molar-refractivity contribution is 5.49. The third kappa shape index (κ3) is 3.01. The van der Waals surface area contributed by atoms with Gasteiger partial charge in [0.1, 0.15) is 0 Å². The molecule has 18 heavy (non-hydrogen) atoms. The smallest absolute Gasteiger partial charge is 0.0265 e. The van der Waals surface area contributed by atoms with Crippen LogP contribution in [0.25, 0.3) is 0 Å². The van der Waals surface area contributed by atoms with Crippen molar-refractivity contribution >= 4 is 0 Å². The Hall–Kier alpha value is -1.56. The van der Waals surface area contributed by atoms with E-state index in [4.69, 9.17) is 0 Å². The fourth-order valence-corrected chi connectivity index (χ4v) is 2.32. The van der Waals surface area contributed by atoms with E-state index < -0.39 is 0 Å². The van der Waals surface area contributed by atoms with Crippen LogP contribution >= 0.6 is 0 Å². The zero-order valence-electron chi connectivity index (χ0n) is 11.9. The second-order valence-electron chi connectivity index (χ2n) is 5.41. The van der Waals surface area contributed by atoms with Crippen molar-refractivity contribution < 1.29 is 0 Å². The molecule has 0 aromatic heterocycles. The van der Waals surface area contributed by atoms with Crippen LogP contribution in [-0.4, -0.2) is 0 Å². The molecule has 0 fully saturated rings. The summed E-state index contributed by atoms with van der Waals surface area (Å²) in [7, 11) is 0. The van der Waals surface area contributed by atoms with Gasteiger partial charge in [-0.3, -0.25) is 0 Å². The lowest BCUT2D eigenvalue weighted by molar-refractivity contribution is 0.913. The van der Waals surface area contributed by atoms with E-state index in [1.54, 1.807) is 0 Å². The Morgan fingerprint density at radius 1 is 0.722 bits per heavy atom. The van der Waals surface area contributed by atoms with E-state index in [9.17, 15) is 0 Å². The largest absolute Gasteiger partial charge is 0.0658 e. The van der Waals surface area contributed by atoms with Crippen molar-refractivity contribution in [2.75, 3.05) is 0 Å². The average Bonchev–Trinajstić information content (AvgIpc) is 2.94. The minimum absolute atomic E-state index is 1.15. The average molecular weight is 238 g/mol. The quantitative estimate of drug-likeness (QED) is 0.615. The summed E-state index contributed by atoms with van der Waals surface area (Å²) in [6, 6.07) is 0. The van der Waals surface area contributed by atoms with Gasteiger partial charge >= 0.3 is 0 Å². The highest BCUT2D eigenvalue weighted by atomic mass is 14.1. The molecule has 2 aliphatic carbocycles. The maximum atomic E-state index is 2.28. The Balaban J connectivity index is 2.02. The van der Waals surface area contributed by atoms with Gasteiger partial charge in [-0.05, 0) is 51.7 Å². The molecule has 0 saturated carbocycles. The van der Waals surface area contributed by atoms with Gasteiger partial charge in [0.25, 0.3) is 0 Å². The molecule has 94 valence electrons. The first kappa shape index (κ1) is 12.9. The number of allylic oxidation sites excluding steroid dienone is 12. The van der Waals surface area contributed by atoms with Crippen molar-refractivity contribution in [2.24, 2.45) is 0 Å². The fourth-order valence-electron chi connectivity index (χ4n) is 2.32. The first-order valence-electron chi connectivity index (χ1n) is 6.68. The Morgan fingerprint density at radius 2 is 1.11 bits per heavy atom. The van der Waals surface area contributed by atoms with Crippen LogP contribution in [0.3, 0.4) is 0 Å². The molecule has 0 aliphatic heterocycles. The molecule has 2 aliphatic rings. The first-order valence-corrected chi connectivity index (χ1v) is 6.68. The number of hydrogen-bond acceptors (Lipinski definition) is 0. The van der Waals surface area contributed by atoms with Crippen molar-refractivity contribution in [3.8, 4) is 0 Å². The van der Waals surface area contributed by atoms with Crippen LogP contribution in [0.2, 0.25) is 0 Å². The molecule has 0 aromatic carbocycles. The van der Waals surface area contributed by atoms with Crippen LogP contribution < -0.4 is 0 Å². The second kappa shape index (κ2) is 5.39. The van der Waals surface area contributed by atoms with Gasteiger partial charge in [0.05, 0.1) is 0 Å². The van der Waals surface area contributed by atoms with Gasteiger partial charge in [-0.25, -0.2) is 0 Å². The summed E-state index contributed by atoms with van der Waals surface area (Å²) in [5.41, 5.74) is 8.50. The molecule has 0 heterocycles. The van der Waals surface area contributed by atoms with E-state index in [0.29, 0.717) is 0 Å². The van der Waals surface area contributed by atoms with E-state index in [0.717, 1.165) is 12.8 Å². The van der Waals surface area contributed by atoms with E-state index >= 15 is 0 Å². The monoisotopic (exact) mass is 238 g/mol. The Labute approximate surface area is 111 Å². The summed E-state index contributed by atoms with van der Waals surface area (Å²) >= 11 is 0. The molecular formula is C18H22. The predicted octanol–water partition coefficient (Wildman–Crippen LogP) is 5.43. The van der Waals surface area contributed by atoms with Gasteiger partial charge in [0.2, 0.25) is 0 Å². The van der Waals surface area contributed by atoms with Gasteiger partial charge in [-0.15, -0.1) is 0 Å². The van der Waals surface area contributed by atoms with Crippen molar-refractivity contribution in [2.45, 2.75) is 40.5 Å². The van der Waals surface area contributed by atoms with Gasteiger partial charge in [0.15, 0.2) is 0 Å². The van der Waals surface area contributed by atoms with Gasteiger partial charge in [-0.2, -0.15) is 0 Å². The third-order valence-electron chi connectivity index (χ3n) is 3.68. The molecular weight excluding hydrogens is 216 g/mol. The van der Waals surface area contributed by atoms with Crippen LogP contribution in [0.5, 0.6) is 0 Å². The Bertz CT molecular complexity index is 478. The maximum absolute atomic E-state index is 2.28. The van der Waals surface area contributed by atoms with E-state index in [-0.39, 0.29) is 0 Å². The fraction of sp³-hybridized carbons (Fsp3) is 0.333. The molecule has 0 saturated heterocycles. The molecule has 0 heteroatoms. The van der Waals surface area contributed by atoms with E-state index in [1.165, 1.54) is 33.4 Å². The molecule has 0 atom stereocenters. The summed E-state index contributed by atoms with van der Waals surface area (Å²) in [4.78, 5) is 0. The predicted molar refractivity (Wildman–Crippen MR) is 80.4 cm³/mol. The normalized spacial score (nSPS) is 23.3. The lowest BCUT2D eigenvalue weighted by Crippen LogP contribution is -1.87. The van der Waals surface area contributed by atoms with Crippen molar-refractivity contribution in [1.82, 2.24) is 0 Å². The van der Waals surface area contributed by atoms with Crippen molar-refractivity contribution in [1.29, 1.82) is 0 Å². The molecule has 0 nitrogen and oxygen atoms in total. The topological polar surface area (TPSA) is 0 Å². The van der Waals surface area contributed by atoms with Crippen LogP contribution in [0, 0.1) is 0 Å². The highest BCUT2D eigenvalue weighted by Crippen LogP contribution is 2.25. The molecule has 0 N–H and O–H groups in total. The van der Waals surface area contributed by atoms with Crippen LogP contribution in [0.4, 0.5) is 0 Å². The Kier molecular flexibility index (Phi) is 3.86. The molecule has 0 amide bonds. The summed E-state index contributed by atoms with van der Waals surface area (Å²) in [6.07, 6.45) is 15.7. The van der Waals surface area contributed by atoms with Crippen molar-refractivity contribution in [3.63, 3.8) is 0 Å². The summed E-state index contributed by atoms with van der Waals surface area (Å²) in [5.74, 6) is 0. The Morgan fingerprint density at radius 3 is 1.39 bits per heavy atom. The van der Waals surface area contributed by atoms with E-state index in [1.807, 2.05) is 0 Å². The second-order valence-corrected chi connectivity index (χ2v) is 5.41. The summed E-state index contributed by atoms with van der Waals surface area (Å²) < 4.78 is 0. The first-order chi connectivity index (χ1) is 8.56. The lowest BCUT2D eigenvalue weighted by atomic mass is 9.99. The molecule has 0 radical (unpaired) electrons. The molecule has 2 rings (SSSR count). The van der Waals surface area contributed by atoms with Crippen LogP contribution in [0.1, 0.15) is 40.5 Å². The van der Waals surface area contributed by atoms with Crippen LogP contribution in [0.15, 0.2) is 69.9 Å². The highest BCUT2D eigenvalue weighted by Gasteiger charge is 2.05. The van der Waals surface area contributed by atoms with Gasteiger partial charge in [0, 0.05) is 0 Å². The van der Waals surface area contributed by atoms with Gasteiger partial charge in [-0.1, -0.05) is 58.7 Å². The van der Waals surface area contributed by atoms with E-state index in [2.05, 4.69) is 64.2 Å². The molecule has 0 bridgehead atoms. The zero-order chi connectivity index (χ0) is 13.1. The van der Waals surface area contributed by atoms with Crippen molar-refractivity contribution in [3.05, 3.63) is 69.9 Å². The molecule has 0 aromatic rings. The SMILES string of the molecule is CC1=CC(=C(C)CCC(C)=C2C=CC(C)=C2)C=C1. The van der Waals surface area contributed by atoms with Gasteiger partial charge < -0.3 is 0 Å². The number of rotatable bonds is 3. The minimum atomic E-state index is 1.15. The summed E-state index contributed by atoms with van der Waals surface area (Å²) in [6.45, 7) is 8.80. The third-order valence-corrected chi connectivity index (χ3v) is 3.68.